The Hall–Kier alpha value is -0.160. The highest BCUT2D eigenvalue weighted by atomic mass is 16.6. The maximum absolute atomic E-state index is 5.67. The molecule has 4 nitrogen and oxygen atoms in total. The third kappa shape index (κ3) is 4.93. The summed E-state index contributed by atoms with van der Waals surface area (Å²) in [6.07, 6.45) is 2.72. The van der Waals surface area contributed by atoms with Crippen LogP contribution in [0.3, 0.4) is 0 Å². The monoisotopic (exact) mass is 217 g/mol. The quantitative estimate of drug-likeness (QED) is 0.689. The summed E-state index contributed by atoms with van der Waals surface area (Å²) in [5.74, 6) is 0. The van der Waals surface area contributed by atoms with E-state index in [2.05, 4.69) is 0 Å². The van der Waals surface area contributed by atoms with Crippen molar-refractivity contribution in [3.05, 3.63) is 0 Å². The molecule has 1 saturated heterocycles. The molecule has 0 bridgehead atoms. The Morgan fingerprint density at radius 1 is 1.40 bits per heavy atom. The van der Waals surface area contributed by atoms with E-state index in [0.717, 1.165) is 19.4 Å². The highest BCUT2D eigenvalue weighted by molar-refractivity contribution is 4.74. The van der Waals surface area contributed by atoms with Gasteiger partial charge in [-0.3, -0.25) is 0 Å². The first kappa shape index (κ1) is 12.9. The normalized spacial score (nSPS) is 28.2. The van der Waals surface area contributed by atoms with Gasteiger partial charge in [0.2, 0.25) is 0 Å². The molecule has 0 saturated carbocycles. The lowest BCUT2D eigenvalue weighted by atomic mass is 10.2. The smallest absolute Gasteiger partial charge is 0.0814 e. The summed E-state index contributed by atoms with van der Waals surface area (Å²) in [4.78, 5) is 0. The Morgan fingerprint density at radius 2 is 2.13 bits per heavy atom. The standard InChI is InChI=1S/C11H23NO3/c1-3-13-7-9(2)14-8-11-5-4-10(6-12)15-11/h9-11H,3-8,12H2,1-2H3. The predicted octanol–water partition coefficient (Wildman–Crippen LogP) is 0.934. The van der Waals surface area contributed by atoms with Gasteiger partial charge in [-0.15, -0.1) is 0 Å². The molecule has 1 heterocycles. The van der Waals surface area contributed by atoms with Gasteiger partial charge >= 0.3 is 0 Å². The molecule has 1 aliphatic heterocycles. The SMILES string of the molecule is CCOCC(C)OCC1CCC(CN)O1. The summed E-state index contributed by atoms with van der Waals surface area (Å²) >= 11 is 0. The largest absolute Gasteiger partial charge is 0.379 e. The number of rotatable bonds is 7. The molecule has 0 aliphatic carbocycles. The second-order valence-corrected chi connectivity index (χ2v) is 4.00. The maximum atomic E-state index is 5.67. The van der Waals surface area contributed by atoms with Gasteiger partial charge in [-0.25, -0.2) is 0 Å². The number of ether oxygens (including phenoxy) is 3. The van der Waals surface area contributed by atoms with E-state index < -0.39 is 0 Å². The summed E-state index contributed by atoms with van der Waals surface area (Å²) in [5, 5.41) is 0. The Kier molecular flexibility index (Phi) is 6.17. The average Bonchev–Trinajstić information content (AvgIpc) is 2.71. The molecular formula is C11H23NO3. The molecular weight excluding hydrogens is 194 g/mol. The molecule has 3 unspecified atom stereocenters. The molecule has 0 aromatic rings. The van der Waals surface area contributed by atoms with Gasteiger partial charge in [0.05, 0.1) is 31.5 Å². The summed E-state index contributed by atoms with van der Waals surface area (Å²) in [6.45, 7) is 6.67. The molecule has 3 atom stereocenters. The second kappa shape index (κ2) is 7.17. The fourth-order valence-electron chi connectivity index (χ4n) is 1.68. The van der Waals surface area contributed by atoms with Gasteiger partial charge in [-0.05, 0) is 26.7 Å². The molecule has 0 radical (unpaired) electrons. The molecule has 15 heavy (non-hydrogen) atoms. The minimum Gasteiger partial charge on any atom is -0.379 e. The van der Waals surface area contributed by atoms with Crippen molar-refractivity contribution in [1.82, 2.24) is 0 Å². The van der Waals surface area contributed by atoms with Crippen LogP contribution < -0.4 is 5.73 Å². The van der Waals surface area contributed by atoms with Gasteiger partial charge in [0.25, 0.3) is 0 Å². The lowest BCUT2D eigenvalue weighted by Crippen LogP contribution is -2.25. The minimum atomic E-state index is 0.144. The summed E-state index contributed by atoms with van der Waals surface area (Å²) in [7, 11) is 0. The molecule has 0 aromatic heterocycles. The molecule has 0 spiro atoms. The number of nitrogens with two attached hydrogens (primary N) is 1. The van der Waals surface area contributed by atoms with Gasteiger partial charge < -0.3 is 19.9 Å². The zero-order chi connectivity index (χ0) is 11.1. The summed E-state index contributed by atoms with van der Waals surface area (Å²) in [5.41, 5.74) is 5.53. The van der Waals surface area contributed by atoms with Crippen molar-refractivity contribution in [3.8, 4) is 0 Å². The van der Waals surface area contributed by atoms with Gasteiger partial charge in [0.1, 0.15) is 0 Å². The molecule has 1 aliphatic rings. The van der Waals surface area contributed by atoms with Crippen LogP contribution in [0.25, 0.3) is 0 Å². The van der Waals surface area contributed by atoms with E-state index in [1.54, 1.807) is 0 Å². The van der Waals surface area contributed by atoms with Crippen molar-refractivity contribution in [2.45, 2.75) is 45.0 Å². The minimum absolute atomic E-state index is 0.144. The summed E-state index contributed by atoms with van der Waals surface area (Å²) in [6, 6.07) is 0. The van der Waals surface area contributed by atoms with E-state index in [0.29, 0.717) is 19.8 Å². The van der Waals surface area contributed by atoms with E-state index in [1.807, 2.05) is 13.8 Å². The molecule has 1 fully saturated rings. The first-order valence-electron chi connectivity index (χ1n) is 5.81. The maximum Gasteiger partial charge on any atom is 0.0814 e. The van der Waals surface area contributed by atoms with Crippen LogP contribution in [0.1, 0.15) is 26.7 Å². The molecule has 90 valence electrons. The van der Waals surface area contributed by atoms with Crippen molar-refractivity contribution in [2.75, 3.05) is 26.4 Å². The first-order chi connectivity index (χ1) is 7.26. The highest BCUT2D eigenvalue weighted by Crippen LogP contribution is 2.19. The Bertz CT molecular complexity index is 166. The van der Waals surface area contributed by atoms with Crippen molar-refractivity contribution >= 4 is 0 Å². The lowest BCUT2D eigenvalue weighted by Gasteiger charge is -2.17. The lowest BCUT2D eigenvalue weighted by molar-refractivity contribution is -0.0572. The van der Waals surface area contributed by atoms with Gasteiger partial charge in [0, 0.05) is 13.2 Å². The average molecular weight is 217 g/mol. The van der Waals surface area contributed by atoms with Gasteiger partial charge in [-0.1, -0.05) is 0 Å². The fourth-order valence-corrected chi connectivity index (χ4v) is 1.68. The molecule has 0 amide bonds. The van der Waals surface area contributed by atoms with Crippen LogP contribution in [0.15, 0.2) is 0 Å². The number of hydrogen-bond donors (Lipinski definition) is 1. The van der Waals surface area contributed by atoms with Crippen LogP contribution >= 0.6 is 0 Å². The van der Waals surface area contributed by atoms with Crippen molar-refractivity contribution in [2.24, 2.45) is 5.73 Å². The van der Waals surface area contributed by atoms with Crippen LogP contribution in [0, 0.1) is 0 Å². The van der Waals surface area contributed by atoms with E-state index in [-0.39, 0.29) is 18.3 Å². The van der Waals surface area contributed by atoms with Crippen LogP contribution in [-0.4, -0.2) is 44.7 Å². The zero-order valence-electron chi connectivity index (χ0n) is 9.78. The third-order valence-electron chi connectivity index (χ3n) is 2.58. The molecule has 0 aromatic carbocycles. The Morgan fingerprint density at radius 3 is 2.73 bits per heavy atom. The van der Waals surface area contributed by atoms with E-state index in [4.69, 9.17) is 19.9 Å². The van der Waals surface area contributed by atoms with Gasteiger partial charge in [0.15, 0.2) is 0 Å². The van der Waals surface area contributed by atoms with E-state index in [1.165, 1.54) is 0 Å². The van der Waals surface area contributed by atoms with Crippen molar-refractivity contribution < 1.29 is 14.2 Å². The zero-order valence-corrected chi connectivity index (χ0v) is 9.78. The summed E-state index contributed by atoms with van der Waals surface area (Å²) < 4.78 is 16.6. The Labute approximate surface area is 92.1 Å². The van der Waals surface area contributed by atoms with Crippen LogP contribution in [0.4, 0.5) is 0 Å². The van der Waals surface area contributed by atoms with Crippen LogP contribution in [0.2, 0.25) is 0 Å². The number of hydrogen-bond acceptors (Lipinski definition) is 4. The molecule has 2 N–H and O–H groups in total. The predicted molar refractivity (Wildman–Crippen MR) is 58.9 cm³/mol. The second-order valence-electron chi connectivity index (χ2n) is 4.00. The third-order valence-corrected chi connectivity index (χ3v) is 2.58. The van der Waals surface area contributed by atoms with Gasteiger partial charge in [-0.2, -0.15) is 0 Å². The van der Waals surface area contributed by atoms with Crippen LogP contribution in [-0.2, 0) is 14.2 Å². The topological polar surface area (TPSA) is 53.7 Å². The Balaban J connectivity index is 2.04. The van der Waals surface area contributed by atoms with Crippen molar-refractivity contribution in [3.63, 3.8) is 0 Å². The first-order valence-corrected chi connectivity index (χ1v) is 5.81. The highest BCUT2D eigenvalue weighted by Gasteiger charge is 2.24. The molecule has 4 heteroatoms. The van der Waals surface area contributed by atoms with E-state index in [9.17, 15) is 0 Å². The van der Waals surface area contributed by atoms with E-state index >= 15 is 0 Å². The molecule has 1 rings (SSSR count). The van der Waals surface area contributed by atoms with Crippen LogP contribution in [0.5, 0.6) is 0 Å². The fraction of sp³-hybridized carbons (Fsp3) is 1.00. The van der Waals surface area contributed by atoms with Crippen molar-refractivity contribution in [1.29, 1.82) is 0 Å².